The highest BCUT2D eigenvalue weighted by Crippen LogP contribution is 2.23. The molecule has 0 fully saturated rings. The molecule has 1 aromatic rings. The third kappa shape index (κ3) is 3.35. The molecule has 8 heteroatoms. The summed E-state index contributed by atoms with van der Waals surface area (Å²) >= 11 is 0. The van der Waals surface area contributed by atoms with Crippen molar-refractivity contribution in [3.63, 3.8) is 0 Å². The Kier molecular flexibility index (Phi) is 4.34. The van der Waals surface area contributed by atoms with Gasteiger partial charge in [0.2, 0.25) is 10.0 Å². The maximum absolute atomic E-state index is 11.8. The summed E-state index contributed by atoms with van der Waals surface area (Å²) in [5, 5.41) is 25.6. The van der Waals surface area contributed by atoms with E-state index in [0.29, 0.717) is 0 Å². The number of rotatable bonds is 5. The van der Waals surface area contributed by atoms with Crippen molar-refractivity contribution in [1.29, 1.82) is 5.26 Å². The van der Waals surface area contributed by atoms with Crippen LogP contribution in [0.5, 0.6) is 5.75 Å². The molecule has 0 aliphatic carbocycles. The van der Waals surface area contributed by atoms with E-state index in [1.165, 1.54) is 6.92 Å². The number of phenols is 1. The zero-order chi connectivity index (χ0) is 14.6. The highest BCUT2D eigenvalue weighted by atomic mass is 32.2. The van der Waals surface area contributed by atoms with E-state index >= 15 is 0 Å². The van der Waals surface area contributed by atoms with E-state index in [-0.39, 0.29) is 17.9 Å². The second-order valence-corrected chi connectivity index (χ2v) is 5.57. The Labute approximate surface area is 110 Å². The minimum atomic E-state index is -4.00. The van der Waals surface area contributed by atoms with Gasteiger partial charge in [0.05, 0.1) is 17.3 Å². The molecule has 0 heterocycles. The van der Waals surface area contributed by atoms with Crippen molar-refractivity contribution in [2.45, 2.75) is 18.6 Å². The number of nitrogens with zero attached hydrogens (tertiary/aromatic N) is 1. The zero-order valence-electron chi connectivity index (χ0n) is 9.99. The number of anilines is 1. The van der Waals surface area contributed by atoms with Gasteiger partial charge in [0.15, 0.2) is 5.25 Å². The predicted molar refractivity (Wildman–Crippen MR) is 67.3 cm³/mol. The molecule has 0 saturated carbocycles. The first-order valence-electron chi connectivity index (χ1n) is 5.29. The minimum Gasteiger partial charge on any atom is -0.508 e. The Morgan fingerprint density at radius 3 is 2.63 bits per heavy atom. The molecular formula is C11H12N2O5S. The van der Waals surface area contributed by atoms with Crippen LogP contribution in [0.2, 0.25) is 0 Å². The van der Waals surface area contributed by atoms with E-state index in [1.807, 2.05) is 0 Å². The van der Waals surface area contributed by atoms with Gasteiger partial charge in [-0.05, 0) is 24.6 Å². The van der Waals surface area contributed by atoms with E-state index in [9.17, 15) is 18.3 Å². The Morgan fingerprint density at radius 2 is 2.16 bits per heavy atom. The quantitative estimate of drug-likeness (QED) is 0.695. The van der Waals surface area contributed by atoms with E-state index in [0.717, 1.165) is 18.2 Å². The standard InChI is InChI=1S/C11H12N2O5S/c1-2-8(6-12)19(17,18)13-10-4-3-7(14)5-9(10)11(15)16/h3-5,8,13-14H,2H2,1H3,(H,15,16). The average molecular weight is 284 g/mol. The third-order valence-electron chi connectivity index (χ3n) is 2.38. The summed E-state index contributed by atoms with van der Waals surface area (Å²) in [4.78, 5) is 11.0. The normalized spacial score (nSPS) is 12.4. The lowest BCUT2D eigenvalue weighted by Gasteiger charge is -2.13. The monoisotopic (exact) mass is 284 g/mol. The number of phenolic OH excluding ortho intramolecular Hbond substituents is 1. The Morgan fingerprint density at radius 1 is 1.53 bits per heavy atom. The van der Waals surface area contributed by atoms with Gasteiger partial charge in [-0.1, -0.05) is 6.92 Å². The highest BCUT2D eigenvalue weighted by molar-refractivity contribution is 7.93. The molecule has 7 nitrogen and oxygen atoms in total. The Hall–Kier alpha value is -2.27. The van der Waals surface area contributed by atoms with E-state index < -0.39 is 26.8 Å². The fourth-order valence-electron chi connectivity index (χ4n) is 1.40. The molecule has 3 N–H and O–H groups in total. The third-order valence-corrected chi connectivity index (χ3v) is 4.07. The van der Waals surface area contributed by atoms with Gasteiger partial charge in [-0.2, -0.15) is 5.26 Å². The molecule has 0 aromatic heterocycles. The molecule has 0 spiro atoms. The van der Waals surface area contributed by atoms with Crippen molar-refractivity contribution in [1.82, 2.24) is 0 Å². The lowest BCUT2D eigenvalue weighted by molar-refractivity contribution is 0.0697. The molecule has 1 rings (SSSR count). The highest BCUT2D eigenvalue weighted by Gasteiger charge is 2.25. The van der Waals surface area contributed by atoms with Crippen molar-refractivity contribution < 1.29 is 23.4 Å². The largest absolute Gasteiger partial charge is 0.508 e. The molecule has 19 heavy (non-hydrogen) atoms. The molecule has 0 bridgehead atoms. The summed E-state index contributed by atoms with van der Waals surface area (Å²) < 4.78 is 25.7. The van der Waals surface area contributed by atoms with E-state index in [4.69, 9.17) is 10.4 Å². The molecule has 0 aliphatic heterocycles. The number of aromatic hydroxyl groups is 1. The van der Waals surface area contributed by atoms with Crippen molar-refractivity contribution in [2.75, 3.05) is 4.72 Å². The number of carbonyl (C=O) groups is 1. The van der Waals surface area contributed by atoms with Crippen molar-refractivity contribution in [2.24, 2.45) is 0 Å². The first-order chi connectivity index (χ1) is 8.81. The summed E-state index contributed by atoms with van der Waals surface area (Å²) in [6.45, 7) is 1.53. The lowest BCUT2D eigenvalue weighted by Crippen LogP contribution is -2.26. The second-order valence-electron chi connectivity index (χ2n) is 3.71. The van der Waals surface area contributed by atoms with Crippen LogP contribution in [-0.2, 0) is 10.0 Å². The van der Waals surface area contributed by atoms with Crippen molar-refractivity contribution >= 4 is 21.7 Å². The number of carboxylic acid groups (broad SMARTS) is 1. The Bertz CT molecular complexity index is 633. The minimum absolute atomic E-state index is 0.0757. The summed E-state index contributed by atoms with van der Waals surface area (Å²) in [5.41, 5.74) is -0.588. The molecule has 0 aliphatic rings. The summed E-state index contributed by atoms with van der Waals surface area (Å²) in [5.74, 6) is -1.69. The van der Waals surface area contributed by atoms with Gasteiger partial charge in [0, 0.05) is 0 Å². The van der Waals surface area contributed by atoms with Crippen LogP contribution in [0.15, 0.2) is 18.2 Å². The smallest absolute Gasteiger partial charge is 0.337 e. The maximum atomic E-state index is 11.8. The van der Waals surface area contributed by atoms with E-state index in [2.05, 4.69) is 4.72 Å². The average Bonchev–Trinajstić information content (AvgIpc) is 2.32. The van der Waals surface area contributed by atoms with Crippen LogP contribution in [-0.4, -0.2) is 29.9 Å². The molecule has 0 radical (unpaired) electrons. The molecular weight excluding hydrogens is 272 g/mol. The van der Waals surface area contributed by atoms with E-state index in [1.54, 1.807) is 6.07 Å². The molecule has 1 aromatic carbocycles. The van der Waals surface area contributed by atoms with Gasteiger partial charge in [-0.25, -0.2) is 13.2 Å². The summed E-state index contributed by atoms with van der Waals surface area (Å²) in [7, 11) is -4.00. The van der Waals surface area contributed by atoms with Crippen LogP contribution in [0, 0.1) is 11.3 Å². The van der Waals surface area contributed by atoms with Gasteiger partial charge < -0.3 is 10.2 Å². The SMILES string of the molecule is CCC(C#N)S(=O)(=O)Nc1ccc(O)cc1C(=O)O. The lowest BCUT2D eigenvalue weighted by atomic mass is 10.2. The number of hydrogen-bond acceptors (Lipinski definition) is 5. The summed E-state index contributed by atoms with van der Waals surface area (Å²) in [6.07, 6.45) is 0.0757. The summed E-state index contributed by atoms with van der Waals surface area (Å²) in [6, 6.07) is 4.83. The van der Waals surface area contributed by atoms with Crippen LogP contribution < -0.4 is 4.72 Å². The number of aromatic carboxylic acids is 1. The van der Waals surface area contributed by atoms with Crippen LogP contribution >= 0.6 is 0 Å². The Balaban J connectivity index is 3.21. The second kappa shape index (κ2) is 5.58. The number of benzene rings is 1. The van der Waals surface area contributed by atoms with Crippen LogP contribution in [0.3, 0.4) is 0 Å². The number of nitriles is 1. The van der Waals surface area contributed by atoms with Crippen LogP contribution in [0.25, 0.3) is 0 Å². The van der Waals surface area contributed by atoms with Gasteiger partial charge in [0.25, 0.3) is 0 Å². The van der Waals surface area contributed by atoms with Gasteiger partial charge in [-0.15, -0.1) is 0 Å². The number of nitrogens with one attached hydrogen (secondary N) is 1. The molecule has 102 valence electrons. The van der Waals surface area contributed by atoms with Gasteiger partial charge in [-0.3, -0.25) is 4.72 Å². The van der Waals surface area contributed by atoms with Gasteiger partial charge in [0.1, 0.15) is 5.75 Å². The topological polar surface area (TPSA) is 127 Å². The molecule has 0 amide bonds. The van der Waals surface area contributed by atoms with Crippen molar-refractivity contribution in [3.8, 4) is 11.8 Å². The number of carboxylic acids is 1. The first-order valence-corrected chi connectivity index (χ1v) is 6.84. The number of sulfonamides is 1. The molecule has 0 saturated heterocycles. The zero-order valence-corrected chi connectivity index (χ0v) is 10.8. The number of hydrogen-bond donors (Lipinski definition) is 3. The van der Waals surface area contributed by atoms with Crippen molar-refractivity contribution in [3.05, 3.63) is 23.8 Å². The predicted octanol–water partition coefficient (Wildman–Crippen LogP) is 1.13. The maximum Gasteiger partial charge on any atom is 0.337 e. The molecule has 1 atom stereocenters. The van der Waals surface area contributed by atoms with Crippen LogP contribution in [0.1, 0.15) is 23.7 Å². The molecule has 1 unspecified atom stereocenters. The van der Waals surface area contributed by atoms with Crippen LogP contribution in [0.4, 0.5) is 5.69 Å². The first kappa shape index (κ1) is 14.8. The van der Waals surface area contributed by atoms with Gasteiger partial charge >= 0.3 is 5.97 Å². The fourth-order valence-corrected chi connectivity index (χ4v) is 2.61. The fraction of sp³-hybridized carbons (Fsp3) is 0.273.